The van der Waals surface area contributed by atoms with Crippen molar-refractivity contribution in [3.63, 3.8) is 0 Å². The van der Waals surface area contributed by atoms with Crippen LogP contribution in [0.4, 0.5) is 10.3 Å². The van der Waals surface area contributed by atoms with E-state index in [2.05, 4.69) is 15.3 Å². The van der Waals surface area contributed by atoms with Gasteiger partial charge in [0.1, 0.15) is 17.1 Å². The minimum Gasteiger partial charge on any atom is -0.497 e. The standard InChI is InChI=1S/C23H24FN5O2/c1-3-13-28-20-15-26-22(25-12-11-16-7-4-5-10-19(16)24)27-21(20)29(23(28)30)17-8-6-9-18(14-17)31-2/h4-10,14-15H,3,11-13H2,1-2H3,(H,25,26,27). The molecule has 0 aliphatic rings. The van der Waals surface area contributed by atoms with Crippen LogP contribution in [-0.4, -0.2) is 32.8 Å². The highest BCUT2D eigenvalue weighted by Gasteiger charge is 2.17. The molecule has 0 radical (unpaired) electrons. The van der Waals surface area contributed by atoms with Crippen molar-refractivity contribution in [3.8, 4) is 11.4 Å². The van der Waals surface area contributed by atoms with E-state index in [0.29, 0.717) is 53.6 Å². The van der Waals surface area contributed by atoms with E-state index in [-0.39, 0.29) is 11.5 Å². The molecule has 8 heteroatoms. The van der Waals surface area contributed by atoms with Gasteiger partial charge in [0.25, 0.3) is 0 Å². The van der Waals surface area contributed by atoms with Gasteiger partial charge in [-0.2, -0.15) is 4.98 Å². The molecule has 0 bridgehead atoms. The summed E-state index contributed by atoms with van der Waals surface area (Å²) < 4.78 is 22.4. The van der Waals surface area contributed by atoms with Crippen LogP contribution in [0, 0.1) is 5.82 Å². The van der Waals surface area contributed by atoms with Gasteiger partial charge in [-0.15, -0.1) is 0 Å². The fourth-order valence-electron chi connectivity index (χ4n) is 3.55. The molecule has 0 saturated heterocycles. The molecule has 0 spiro atoms. The number of benzene rings is 2. The topological polar surface area (TPSA) is 74.0 Å². The third kappa shape index (κ3) is 4.14. The molecule has 31 heavy (non-hydrogen) atoms. The smallest absolute Gasteiger partial charge is 0.335 e. The number of nitrogens with zero attached hydrogens (tertiary/aromatic N) is 4. The number of imidazole rings is 1. The first kappa shape index (κ1) is 20.6. The number of rotatable bonds is 8. The summed E-state index contributed by atoms with van der Waals surface area (Å²) in [6.07, 6.45) is 2.95. The van der Waals surface area contributed by atoms with Gasteiger partial charge >= 0.3 is 5.69 Å². The van der Waals surface area contributed by atoms with Gasteiger partial charge in [0, 0.05) is 19.2 Å². The van der Waals surface area contributed by atoms with Gasteiger partial charge in [0.05, 0.1) is 19.0 Å². The average molecular weight is 421 g/mol. The third-order valence-electron chi connectivity index (χ3n) is 5.07. The molecule has 4 rings (SSSR count). The summed E-state index contributed by atoms with van der Waals surface area (Å²) in [4.78, 5) is 22.2. The number of hydrogen-bond donors (Lipinski definition) is 1. The second-order valence-corrected chi connectivity index (χ2v) is 7.14. The molecule has 1 N–H and O–H groups in total. The molecule has 0 fully saturated rings. The highest BCUT2D eigenvalue weighted by atomic mass is 19.1. The molecule has 0 unspecified atom stereocenters. The zero-order chi connectivity index (χ0) is 21.8. The number of anilines is 1. The minimum atomic E-state index is -0.232. The van der Waals surface area contributed by atoms with Crippen LogP contribution in [0.3, 0.4) is 0 Å². The number of fused-ring (bicyclic) bond motifs is 1. The molecule has 2 aromatic heterocycles. The molecular formula is C23H24FN5O2. The van der Waals surface area contributed by atoms with E-state index >= 15 is 0 Å². The van der Waals surface area contributed by atoms with Crippen molar-refractivity contribution >= 4 is 17.1 Å². The molecule has 7 nitrogen and oxygen atoms in total. The average Bonchev–Trinajstić information content (AvgIpc) is 3.06. The van der Waals surface area contributed by atoms with Crippen LogP contribution in [0.25, 0.3) is 16.9 Å². The fraction of sp³-hybridized carbons (Fsp3) is 0.261. The van der Waals surface area contributed by atoms with Crippen LogP contribution >= 0.6 is 0 Å². The van der Waals surface area contributed by atoms with Crippen molar-refractivity contribution in [2.75, 3.05) is 19.0 Å². The molecule has 0 atom stereocenters. The summed E-state index contributed by atoms with van der Waals surface area (Å²) in [7, 11) is 1.59. The minimum absolute atomic E-state index is 0.178. The van der Waals surface area contributed by atoms with Crippen LogP contribution < -0.4 is 15.7 Å². The predicted molar refractivity (Wildman–Crippen MR) is 119 cm³/mol. The predicted octanol–water partition coefficient (Wildman–Crippen LogP) is 3.79. The lowest BCUT2D eigenvalue weighted by Crippen LogP contribution is -2.23. The van der Waals surface area contributed by atoms with Crippen molar-refractivity contribution in [1.29, 1.82) is 0 Å². The maximum atomic E-state index is 13.8. The Kier molecular flexibility index (Phi) is 5.97. The first-order valence-electron chi connectivity index (χ1n) is 10.2. The fourth-order valence-corrected chi connectivity index (χ4v) is 3.55. The molecule has 2 heterocycles. The highest BCUT2D eigenvalue weighted by molar-refractivity contribution is 5.74. The lowest BCUT2D eigenvalue weighted by Gasteiger charge is -2.08. The maximum Gasteiger partial charge on any atom is 0.335 e. The van der Waals surface area contributed by atoms with Gasteiger partial charge in [0.15, 0.2) is 5.65 Å². The van der Waals surface area contributed by atoms with Crippen molar-refractivity contribution < 1.29 is 9.13 Å². The SMILES string of the molecule is CCCn1c(=O)n(-c2cccc(OC)c2)c2nc(NCCc3ccccc3F)ncc21. The summed E-state index contributed by atoms with van der Waals surface area (Å²) in [5.74, 6) is 0.802. The summed E-state index contributed by atoms with van der Waals surface area (Å²) in [6.45, 7) is 3.04. The second-order valence-electron chi connectivity index (χ2n) is 7.14. The number of nitrogens with one attached hydrogen (secondary N) is 1. The summed E-state index contributed by atoms with van der Waals surface area (Å²) in [6, 6.07) is 14.0. The molecule has 2 aromatic carbocycles. The van der Waals surface area contributed by atoms with Crippen LogP contribution in [0.1, 0.15) is 18.9 Å². The Hall–Kier alpha value is -3.68. The molecule has 0 amide bonds. The van der Waals surface area contributed by atoms with Gasteiger partial charge in [-0.25, -0.2) is 18.7 Å². The normalized spacial score (nSPS) is 11.1. The van der Waals surface area contributed by atoms with Crippen LogP contribution in [0.15, 0.2) is 59.5 Å². The number of halogens is 1. The zero-order valence-corrected chi connectivity index (χ0v) is 17.5. The van der Waals surface area contributed by atoms with Gasteiger partial charge in [-0.05, 0) is 36.6 Å². The Balaban J connectivity index is 1.70. The van der Waals surface area contributed by atoms with E-state index in [4.69, 9.17) is 4.74 Å². The monoisotopic (exact) mass is 421 g/mol. The summed E-state index contributed by atoms with van der Waals surface area (Å²) in [5, 5.41) is 3.14. The maximum absolute atomic E-state index is 13.8. The number of aromatic nitrogens is 4. The van der Waals surface area contributed by atoms with Crippen molar-refractivity contribution in [2.24, 2.45) is 0 Å². The van der Waals surface area contributed by atoms with Crippen molar-refractivity contribution in [1.82, 2.24) is 19.1 Å². The highest BCUT2D eigenvalue weighted by Crippen LogP contribution is 2.21. The Morgan fingerprint density at radius 3 is 2.77 bits per heavy atom. The lowest BCUT2D eigenvalue weighted by molar-refractivity contribution is 0.414. The van der Waals surface area contributed by atoms with Gasteiger partial charge in [-0.3, -0.25) is 4.57 Å². The second kappa shape index (κ2) is 8.99. The van der Waals surface area contributed by atoms with Crippen LogP contribution in [0.5, 0.6) is 5.75 Å². The number of aryl methyl sites for hydroxylation is 1. The molecule has 0 aliphatic heterocycles. The van der Waals surface area contributed by atoms with E-state index in [1.807, 2.05) is 31.2 Å². The van der Waals surface area contributed by atoms with E-state index in [1.165, 1.54) is 6.07 Å². The first-order chi connectivity index (χ1) is 15.1. The van der Waals surface area contributed by atoms with Crippen molar-refractivity contribution in [3.05, 3.63) is 76.6 Å². The molecule has 0 aliphatic carbocycles. The Morgan fingerprint density at radius 1 is 1.16 bits per heavy atom. The lowest BCUT2D eigenvalue weighted by atomic mass is 10.1. The van der Waals surface area contributed by atoms with E-state index < -0.39 is 0 Å². The largest absolute Gasteiger partial charge is 0.497 e. The molecule has 4 aromatic rings. The molecule has 0 saturated carbocycles. The van der Waals surface area contributed by atoms with Gasteiger partial charge in [-0.1, -0.05) is 31.2 Å². The summed E-state index contributed by atoms with van der Waals surface area (Å²) >= 11 is 0. The van der Waals surface area contributed by atoms with Crippen LogP contribution in [-0.2, 0) is 13.0 Å². The quantitative estimate of drug-likeness (QED) is 0.469. The number of ether oxygens (including phenoxy) is 1. The van der Waals surface area contributed by atoms with E-state index in [9.17, 15) is 9.18 Å². The number of methoxy groups -OCH3 is 1. The van der Waals surface area contributed by atoms with Crippen LogP contribution in [0.2, 0.25) is 0 Å². The van der Waals surface area contributed by atoms with Gasteiger partial charge in [0.2, 0.25) is 5.95 Å². The molecular weight excluding hydrogens is 397 g/mol. The summed E-state index contributed by atoms with van der Waals surface area (Å²) in [5.41, 5.74) is 2.28. The Bertz CT molecular complexity index is 1260. The van der Waals surface area contributed by atoms with E-state index in [1.54, 1.807) is 40.6 Å². The molecule has 160 valence electrons. The zero-order valence-electron chi connectivity index (χ0n) is 17.5. The van der Waals surface area contributed by atoms with Gasteiger partial charge < -0.3 is 10.1 Å². The number of hydrogen-bond acceptors (Lipinski definition) is 5. The van der Waals surface area contributed by atoms with Crippen molar-refractivity contribution in [2.45, 2.75) is 26.3 Å². The Labute approximate surface area is 179 Å². The third-order valence-corrected chi connectivity index (χ3v) is 5.07. The Morgan fingerprint density at radius 2 is 2.00 bits per heavy atom. The first-order valence-corrected chi connectivity index (χ1v) is 10.2. The van der Waals surface area contributed by atoms with E-state index in [0.717, 1.165) is 6.42 Å².